The molecule has 2 amide bonds. The van der Waals surface area contributed by atoms with Crippen LogP contribution in [-0.4, -0.2) is 34.9 Å². The molecule has 0 aliphatic carbocycles. The molecule has 0 saturated carbocycles. The molecule has 0 radical (unpaired) electrons. The van der Waals surface area contributed by atoms with Crippen molar-refractivity contribution in [3.8, 4) is 0 Å². The zero-order valence-corrected chi connectivity index (χ0v) is 13.8. The van der Waals surface area contributed by atoms with Crippen molar-refractivity contribution in [2.45, 2.75) is 6.04 Å². The molecule has 3 rings (SSSR count). The molecule has 2 heterocycles. The number of carbonyl (C=O) groups is 2. The van der Waals surface area contributed by atoms with Gasteiger partial charge in [-0.3, -0.25) is 9.59 Å². The maximum absolute atomic E-state index is 13.1. The van der Waals surface area contributed by atoms with Gasteiger partial charge in [0.05, 0.1) is 17.7 Å². The van der Waals surface area contributed by atoms with Gasteiger partial charge in [-0.1, -0.05) is 18.2 Å². The van der Waals surface area contributed by atoms with Gasteiger partial charge in [0.2, 0.25) is 11.8 Å². The van der Waals surface area contributed by atoms with Crippen LogP contribution in [0.3, 0.4) is 0 Å². The van der Waals surface area contributed by atoms with Crippen LogP contribution in [0.2, 0.25) is 0 Å². The van der Waals surface area contributed by atoms with Gasteiger partial charge in [-0.25, -0.2) is 4.39 Å². The molecule has 1 N–H and O–H groups in total. The topological polar surface area (TPSA) is 49.4 Å². The van der Waals surface area contributed by atoms with E-state index in [4.69, 9.17) is 0 Å². The van der Waals surface area contributed by atoms with E-state index in [0.717, 1.165) is 10.4 Å². The van der Waals surface area contributed by atoms with E-state index in [9.17, 15) is 14.0 Å². The summed E-state index contributed by atoms with van der Waals surface area (Å²) in [4.78, 5) is 26.4. The molecule has 1 aliphatic rings. The van der Waals surface area contributed by atoms with Crippen LogP contribution < -0.4 is 5.32 Å². The highest BCUT2D eigenvalue weighted by atomic mass is 32.2. The van der Waals surface area contributed by atoms with E-state index in [0.29, 0.717) is 11.6 Å². The molecular formula is C16H15FN2O2S2. The molecule has 0 bridgehead atoms. The summed E-state index contributed by atoms with van der Waals surface area (Å²) in [7, 11) is 0. The van der Waals surface area contributed by atoms with Gasteiger partial charge in [0.1, 0.15) is 12.4 Å². The van der Waals surface area contributed by atoms with E-state index >= 15 is 0 Å². The van der Waals surface area contributed by atoms with Gasteiger partial charge in [0.25, 0.3) is 0 Å². The highest BCUT2D eigenvalue weighted by Crippen LogP contribution is 2.26. The standard InChI is InChI=1S/C16H15FN2O2S2/c17-12-5-3-11(4-6-12)16(13-2-1-7-23-13)18-14(20)8-19-10-22-9-15(19)21/h1-7,16H,8-10H2,(H,18,20)/t16-/m1/s1. The van der Waals surface area contributed by atoms with Crippen molar-refractivity contribution in [2.24, 2.45) is 0 Å². The Kier molecular flexibility index (Phi) is 4.97. The molecule has 23 heavy (non-hydrogen) atoms. The number of thiophene rings is 1. The first kappa shape index (κ1) is 16.0. The SMILES string of the molecule is O=C(CN1CSCC1=O)N[C@H](c1ccc(F)cc1)c1cccs1. The van der Waals surface area contributed by atoms with Crippen LogP contribution in [0.15, 0.2) is 41.8 Å². The largest absolute Gasteiger partial charge is 0.343 e. The number of nitrogens with one attached hydrogen (secondary N) is 1. The van der Waals surface area contributed by atoms with Gasteiger partial charge in [0, 0.05) is 4.88 Å². The van der Waals surface area contributed by atoms with Gasteiger partial charge in [0.15, 0.2) is 0 Å². The second kappa shape index (κ2) is 7.14. The van der Waals surface area contributed by atoms with Crippen LogP contribution in [0.4, 0.5) is 4.39 Å². The summed E-state index contributed by atoms with van der Waals surface area (Å²) in [5.41, 5.74) is 0.810. The third-order valence-electron chi connectivity index (χ3n) is 3.50. The van der Waals surface area contributed by atoms with Crippen molar-refractivity contribution < 1.29 is 14.0 Å². The first-order chi connectivity index (χ1) is 11.1. The van der Waals surface area contributed by atoms with Crippen LogP contribution in [-0.2, 0) is 9.59 Å². The number of benzene rings is 1. The maximum atomic E-state index is 13.1. The maximum Gasteiger partial charge on any atom is 0.240 e. The van der Waals surface area contributed by atoms with Gasteiger partial charge in [-0.05, 0) is 29.1 Å². The molecule has 0 unspecified atom stereocenters. The molecule has 7 heteroatoms. The highest BCUT2D eigenvalue weighted by Gasteiger charge is 2.25. The average Bonchev–Trinajstić information content (AvgIpc) is 3.19. The van der Waals surface area contributed by atoms with E-state index in [-0.39, 0.29) is 30.2 Å². The van der Waals surface area contributed by atoms with Gasteiger partial charge >= 0.3 is 0 Å². The zero-order valence-electron chi connectivity index (χ0n) is 12.2. The average molecular weight is 350 g/mol. The zero-order chi connectivity index (χ0) is 16.2. The predicted molar refractivity (Wildman–Crippen MR) is 89.7 cm³/mol. The van der Waals surface area contributed by atoms with Crippen molar-refractivity contribution in [1.29, 1.82) is 0 Å². The summed E-state index contributed by atoms with van der Waals surface area (Å²) < 4.78 is 13.1. The highest BCUT2D eigenvalue weighted by molar-refractivity contribution is 8.00. The number of hydrogen-bond acceptors (Lipinski definition) is 4. The second-order valence-corrected chi connectivity index (χ2v) is 7.07. The summed E-state index contributed by atoms with van der Waals surface area (Å²) in [6, 6.07) is 9.58. The molecule has 1 aromatic carbocycles. The lowest BCUT2D eigenvalue weighted by Crippen LogP contribution is -2.39. The van der Waals surface area contributed by atoms with Gasteiger partial charge in [-0.15, -0.1) is 23.1 Å². The second-order valence-electron chi connectivity index (χ2n) is 5.14. The van der Waals surface area contributed by atoms with E-state index in [2.05, 4.69) is 5.32 Å². The Morgan fingerprint density at radius 2 is 2.09 bits per heavy atom. The van der Waals surface area contributed by atoms with Crippen molar-refractivity contribution in [1.82, 2.24) is 10.2 Å². The van der Waals surface area contributed by atoms with Crippen LogP contribution in [0.1, 0.15) is 16.5 Å². The molecule has 1 fully saturated rings. The fourth-order valence-electron chi connectivity index (χ4n) is 2.35. The van der Waals surface area contributed by atoms with E-state index in [1.807, 2.05) is 17.5 Å². The van der Waals surface area contributed by atoms with Crippen LogP contribution >= 0.6 is 23.1 Å². The Bertz CT molecular complexity index is 689. The third kappa shape index (κ3) is 3.92. The van der Waals surface area contributed by atoms with Crippen LogP contribution in [0, 0.1) is 5.82 Å². The summed E-state index contributed by atoms with van der Waals surface area (Å²) in [6.45, 7) is 0.0505. The Morgan fingerprint density at radius 3 is 2.70 bits per heavy atom. The Labute approximate surface area is 141 Å². The van der Waals surface area contributed by atoms with Crippen molar-refractivity contribution in [2.75, 3.05) is 18.2 Å². The van der Waals surface area contributed by atoms with Crippen molar-refractivity contribution in [3.05, 3.63) is 58.0 Å². The fourth-order valence-corrected chi connectivity index (χ4v) is 4.06. The summed E-state index contributed by atoms with van der Waals surface area (Å²) in [5.74, 6) is 0.430. The summed E-state index contributed by atoms with van der Waals surface area (Å²) in [6.07, 6.45) is 0. The number of carbonyl (C=O) groups excluding carboxylic acids is 2. The van der Waals surface area contributed by atoms with Gasteiger partial charge in [-0.2, -0.15) is 0 Å². The van der Waals surface area contributed by atoms with Gasteiger partial charge < -0.3 is 10.2 Å². The number of hydrogen-bond donors (Lipinski definition) is 1. The lowest BCUT2D eigenvalue weighted by Gasteiger charge is -2.20. The predicted octanol–water partition coefficient (Wildman–Crippen LogP) is 2.63. The molecule has 4 nitrogen and oxygen atoms in total. The minimum absolute atomic E-state index is 0.0143. The van der Waals surface area contributed by atoms with Crippen LogP contribution in [0.5, 0.6) is 0 Å². The van der Waals surface area contributed by atoms with Crippen molar-refractivity contribution in [3.63, 3.8) is 0 Å². The van der Waals surface area contributed by atoms with E-state index in [1.54, 1.807) is 12.1 Å². The van der Waals surface area contributed by atoms with E-state index in [1.165, 1.54) is 40.1 Å². The summed E-state index contributed by atoms with van der Waals surface area (Å²) in [5, 5.41) is 4.88. The molecular weight excluding hydrogens is 335 g/mol. The Balaban J connectivity index is 1.75. The lowest BCUT2D eigenvalue weighted by atomic mass is 10.1. The molecule has 0 spiro atoms. The number of rotatable bonds is 5. The smallest absolute Gasteiger partial charge is 0.240 e. The van der Waals surface area contributed by atoms with E-state index < -0.39 is 0 Å². The minimum atomic E-state index is -0.339. The fraction of sp³-hybridized carbons (Fsp3) is 0.250. The number of amides is 2. The first-order valence-corrected chi connectivity index (χ1v) is 9.10. The third-order valence-corrected chi connectivity index (χ3v) is 5.38. The quantitative estimate of drug-likeness (QED) is 0.902. The number of thioether (sulfide) groups is 1. The minimum Gasteiger partial charge on any atom is -0.343 e. The lowest BCUT2D eigenvalue weighted by molar-refractivity contribution is -0.132. The Morgan fingerprint density at radius 1 is 1.30 bits per heavy atom. The first-order valence-electron chi connectivity index (χ1n) is 7.07. The normalized spacial score (nSPS) is 15.7. The molecule has 1 atom stereocenters. The number of halogens is 1. The monoisotopic (exact) mass is 350 g/mol. The molecule has 1 aliphatic heterocycles. The number of nitrogens with zero attached hydrogens (tertiary/aromatic N) is 1. The summed E-state index contributed by atoms with van der Waals surface area (Å²) >= 11 is 3.03. The molecule has 2 aromatic rings. The molecule has 1 aromatic heterocycles. The molecule has 120 valence electrons. The van der Waals surface area contributed by atoms with Crippen molar-refractivity contribution >= 4 is 34.9 Å². The van der Waals surface area contributed by atoms with Crippen LogP contribution in [0.25, 0.3) is 0 Å². The Hall–Kier alpha value is -1.86. The molecule has 1 saturated heterocycles.